The van der Waals surface area contributed by atoms with E-state index < -0.39 is 0 Å². The first kappa shape index (κ1) is 17.2. The fourth-order valence-electron chi connectivity index (χ4n) is 2.07. The van der Waals surface area contributed by atoms with Gasteiger partial charge in [0, 0.05) is 32.0 Å². The molecule has 0 aromatic carbocycles. The van der Waals surface area contributed by atoms with E-state index in [4.69, 9.17) is 0 Å². The monoisotopic (exact) mass is 294 g/mol. The van der Waals surface area contributed by atoms with Crippen molar-refractivity contribution in [3.8, 4) is 0 Å². The third-order valence-electron chi connectivity index (χ3n) is 3.21. The van der Waals surface area contributed by atoms with E-state index in [9.17, 15) is 4.79 Å². The molecule has 1 saturated heterocycles. The molecule has 1 aliphatic rings. The minimum absolute atomic E-state index is 0. The van der Waals surface area contributed by atoms with Gasteiger partial charge in [0.2, 0.25) is 5.91 Å². The van der Waals surface area contributed by atoms with E-state index in [1.807, 2.05) is 31.1 Å². The van der Waals surface area contributed by atoms with Crippen LogP contribution in [0.3, 0.4) is 0 Å². The maximum Gasteiger partial charge on any atom is 0.247 e. The Balaban J connectivity index is 0.00000144. The van der Waals surface area contributed by atoms with E-state index in [2.05, 4.69) is 10.4 Å². The molecule has 2 atom stereocenters. The molecule has 18 heavy (non-hydrogen) atoms. The molecule has 2 rings (SSSR count). The normalized spacial score (nSPS) is 19.6. The largest absolute Gasteiger partial charge is 0.340 e. The minimum atomic E-state index is -0.222. The summed E-state index contributed by atoms with van der Waals surface area (Å²) in [6.07, 6.45) is 4.55. The number of halogens is 2. The lowest BCUT2D eigenvalue weighted by atomic mass is 10.2. The topological polar surface area (TPSA) is 50.2 Å². The highest BCUT2D eigenvalue weighted by Gasteiger charge is 2.27. The third-order valence-corrected chi connectivity index (χ3v) is 3.21. The van der Waals surface area contributed by atoms with Crippen LogP contribution >= 0.6 is 24.8 Å². The Labute approximate surface area is 120 Å². The summed E-state index contributed by atoms with van der Waals surface area (Å²) in [6, 6.07) is 1.94. The number of hydrogen-bond donors (Lipinski definition) is 1. The minimum Gasteiger partial charge on any atom is -0.340 e. The molecule has 104 valence electrons. The Kier molecular flexibility index (Phi) is 7.28. The average molecular weight is 295 g/mol. The molecule has 0 bridgehead atoms. The molecule has 7 heteroatoms. The Morgan fingerprint density at radius 2 is 2.28 bits per heavy atom. The SMILES string of the molecule is CC(C(=O)N(C)C1CCNC1)n1cccn1.Cl.Cl. The fourth-order valence-corrected chi connectivity index (χ4v) is 2.07. The van der Waals surface area contributed by atoms with Crippen LogP contribution in [0.25, 0.3) is 0 Å². The number of nitrogens with zero attached hydrogens (tertiary/aromatic N) is 3. The summed E-state index contributed by atoms with van der Waals surface area (Å²) in [6.45, 7) is 3.78. The molecule has 1 fully saturated rings. The van der Waals surface area contributed by atoms with Gasteiger partial charge in [-0.25, -0.2) is 0 Å². The lowest BCUT2D eigenvalue weighted by Gasteiger charge is -2.26. The second-order valence-corrected chi connectivity index (χ2v) is 4.26. The molecule has 2 heterocycles. The van der Waals surface area contributed by atoms with Gasteiger partial charge in [-0.15, -0.1) is 24.8 Å². The molecule has 1 amide bonds. The number of carbonyl (C=O) groups excluding carboxylic acids is 1. The van der Waals surface area contributed by atoms with Gasteiger partial charge in [0.25, 0.3) is 0 Å². The summed E-state index contributed by atoms with van der Waals surface area (Å²) < 4.78 is 1.70. The molecular weight excluding hydrogens is 275 g/mol. The first-order valence-electron chi connectivity index (χ1n) is 5.66. The predicted octanol–water partition coefficient (Wildman–Crippen LogP) is 1.11. The van der Waals surface area contributed by atoms with Crippen LogP contribution in [0.1, 0.15) is 19.4 Å². The van der Waals surface area contributed by atoms with E-state index in [-0.39, 0.29) is 36.8 Å². The van der Waals surface area contributed by atoms with Gasteiger partial charge in [-0.2, -0.15) is 5.10 Å². The van der Waals surface area contributed by atoms with E-state index in [1.165, 1.54) is 0 Å². The van der Waals surface area contributed by atoms with E-state index in [0.29, 0.717) is 6.04 Å². The van der Waals surface area contributed by atoms with Gasteiger partial charge < -0.3 is 10.2 Å². The van der Waals surface area contributed by atoms with Gasteiger partial charge in [-0.1, -0.05) is 0 Å². The van der Waals surface area contributed by atoms with Crippen molar-refractivity contribution in [1.82, 2.24) is 20.0 Å². The van der Waals surface area contributed by atoms with Crippen molar-refractivity contribution in [2.24, 2.45) is 0 Å². The van der Waals surface area contributed by atoms with Crippen molar-refractivity contribution in [2.75, 3.05) is 20.1 Å². The van der Waals surface area contributed by atoms with Crippen LogP contribution in [-0.2, 0) is 4.79 Å². The van der Waals surface area contributed by atoms with Gasteiger partial charge in [0.15, 0.2) is 0 Å². The number of likely N-dealkylation sites (N-methyl/N-ethyl adjacent to an activating group) is 1. The Bertz CT molecular complexity index is 352. The lowest BCUT2D eigenvalue weighted by molar-refractivity contribution is -0.135. The average Bonchev–Trinajstić information content (AvgIpc) is 2.97. The van der Waals surface area contributed by atoms with E-state index >= 15 is 0 Å². The molecule has 1 aromatic rings. The Morgan fingerprint density at radius 1 is 1.56 bits per heavy atom. The number of rotatable bonds is 3. The van der Waals surface area contributed by atoms with Crippen molar-refractivity contribution in [2.45, 2.75) is 25.4 Å². The molecular formula is C11H20Cl2N4O. The summed E-state index contributed by atoms with van der Waals surface area (Å²) in [5, 5.41) is 7.37. The van der Waals surface area contributed by atoms with Crippen LogP contribution in [0.2, 0.25) is 0 Å². The van der Waals surface area contributed by atoms with Crippen molar-refractivity contribution in [3.05, 3.63) is 18.5 Å². The molecule has 1 aliphatic heterocycles. The van der Waals surface area contributed by atoms with Crippen molar-refractivity contribution < 1.29 is 4.79 Å². The summed E-state index contributed by atoms with van der Waals surface area (Å²) >= 11 is 0. The maximum absolute atomic E-state index is 12.2. The highest BCUT2D eigenvalue weighted by molar-refractivity contribution is 5.85. The quantitative estimate of drug-likeness (QED) is 0.909. The molecule has 0 radical (unpaired) electrons. The van der Waals surface area contributed by atoms with Crippen molar-refractivity contribution in [3.63, 3.8) is 0 Å². The van der Waals surface area contributed by atoms with E-state index in [0.717, 1.165) is 19.5 Å². The number of amides is 1. The van der Waals surface area contributed by atoms with Crippen LogP contribution in [0.4, 0.5) is 0 Å². The van der Waals surface area contributed by atoms with Gasteiger partial charge in [0.05, 0.1) is 0 Å². The van der Waals surface area contributed by atoms with Gasteiger partial charge in [-0.05, 0) is 26.0 Å². The Hall–Kier alpha value is -0.780. The van der Waals surface area contributed by atoms with Gasteiger partial charge in [0.1, 0.15) is 6.04 Å². The van der Waals surface area contributed by atoms with Crippen molar-refractivity contribution in [1.29, 1.82) is 0 Å². The van der Waals surface area contributed by atoms with Gasteiger partial charge in [-0.3, -0.25) is 9.48 Å². The van der Waals surface area contributed by atoms with Crippen LogP contribution in [0.5, 0.6) is 0 Å². The maximum atomic E-state index is 12.2. The predicted molar refractivity (Wildman–Crippen MR) is 75.5 cm³/mol. The van der Waals surface area contributed by atoms with Crippen LogP contribution in [0, 0.1) is 0 Å². The summed E-state index contributed by atoms with van der Waals surface area (Å²) in [7, 11) is 1.88. The lowest BCUT2D eigenvalue weighted by Crippen LogP contribution is -2.41. The molecule has 1 N–H and O–H groups in total. The standard InChI is InChI=1S/C11H18N4O.2ClH/c1-9(15-7-3-5-13-15)11(16)14(2)10-4-6-12-8-10;;/h3,5,7,9-10,12H,4,6,8H2,1-2H3;2*1H. The molecule has 0 saturated carbocycles. The first-order chi connectivity index (χ1) is 7.70. The Morgan fingerprint density at radius 3 is 2.78 bits per heavy atom. The van der Waals surface area contributed by atoms with Crippen LogP contribution < -0.4 is 5.32 Å². The number of hydrogen-bond acceptors (Lipinski definition) is 3. The van der Waals surface area contributed by atoms with Crippen molar-refractivity contribution >= 4 is 30.7 Å². The molecule has 0 aliphatic carbocycles. The third kappa shape index (κ3) is 3.60. The van der Waals surface area contributed by atoms with Crippen LogP contribution in [0.15, 0.2) is 18.5 Å². The first-order valence-corrected chi connectivity index (χ1v) is 5.66. The zero-order valence-electron chi connectivity index (χ0n) is 10.6. The highest BCUT2D eigenvalue weighted by atomic mass is 35.5. The summed E-state index contributed by atoms with van der Waals surface area (Å²) in [5.41, 5.74) is 0. The summed E-state index contributed by atoms with van der Waals surface area (Å²) in [5.74, 6) is 0.123. The van der Waals surface area contributed by atoms with Gasteiger partial charge >= 0.3 is 0 Å². The molecule has 0 spiro atoms. The van der Waals surface area contributed by atoms with Crippen LogP contribution in [-0.4, -0.2) is 46.8 Å². The molecule has 5 nitrogen and oxygen atoms in total. The zero-order chi connectivity index (χ0) is 11.5. The van der Waals surface area contributed by atoms with E-state index in [1.54, 1.807) is 10.9 Å². The molecule has 1 aromatic heterocycles. The fraction of sp³-hybridized carbons (Fsp3) is 0.636. The number of aromatic nitrogens is 2. The number of carbonyl (C=O) groups is 1. The second-order valence-electron chi connectivity index (χ2n) is 4.26. The second kappa shape index (κ2) is 7.61. The summed E-state index contributed by atoms with van der Waals surface area (Å²) in [4.78, 5) is 14.0. The zero-order valence-corrected chi connectivity index (χ0v) is 12.2. The highest BCUT2D eigenvalue weighted by Crippen LogP contribution is 2.13. The smallest absolute Gasteiger partial charge is 0.247 e. The number of nitrogens with one attached hydrogen (secondary N) is 1. The molecule has 2 unspecified atom stereocenters.